The number of amides is 2. The van der Waals surface area contributed by atoms with Crippen LogP contribution in [-0.4, -0.2) is 35.8 Å². The van der Waals surface area contributed by atoms with Gasteiger partial charge in [-0.3, -0.25) is 19.3 Å². The number of hydrogen-bond acceptors (Lipinski definition) is 4. The lowest BCUT2D eigenvalue weighted by atomic mass is 9.96. The summed E-state index contributed by atoms with van der Waals surface area (Å²) in [6.45, 7) is 0. The van der Waals surface area contributed by atoms with Crippen LogP contribution in [0, 0.1) is 5.92 Å². The van der Waals surface area contributed by atoms with Crippen molar-refractivity contribution in [3.8, 4) is 0 Å². The molecule has 0 N–H and O–H groups in total. The average Bonchev–Trinajstić information content (AvgIpc) is 2.65. The highest BCUT2D eigenvalue weighted by atomic mass is 32.2. The summed E-state index contributed by atoms with van der Waals surface area (Å²) in [7, 11) is 1.42. The van der Waals surface area contributed by atoms with E-state index in [4.69, 9.17) is 0 Å². The number of imide groups is 1. The molecular formula is C13H13NO3S. The molecule has 1 aliphatic heterocycles. The third-order valence-corrected chi connectivity index (χ3v) is 3.87. The zero-order chi connectivity index (χ0) is 13.3. The summed E-state index contributed by atoms with van der Waals surface area (Å²) in [6.07, 6.45) is 1.86. The van der Waals surface area contributed by atoms with Crippen molar-refractivity contribution < 1.29 is 14.4 Å². The van der Waals surface area contributed by atoms with E-state index in [9.17, 15) is 14.4 Å². The molecule has 4 nitrogen and oxygen atoms in total. The molecule has 1 unspecified atom stereocenters. The Hall–Kier alpha value is -1.62. The number of rotatable bonds is 3. The predicted octanol–water partition coefficient (Wildman–Crippen LogP) is 1.60. The lowest BCUT2D eigenvalue weighted by Gasteiger charge is -2.10. The summed E-state index contributed by atoms with van der Waals surface area (Å²) in [5.74, 6) is -1.81. The maximum Gasteiger partial charge on any atom is 0.240 e. The Morgan fingerprint density at radius 2 is 2.00 bits per heavy atom. The van der Waals surface area contributed by atoms with Crippen molar-refractivity contribution in [1.82, 2.24) is 4.90 Å². The monoisotopic (exact) mass is 263 g/mol. The van der Waals surface area contributed by atoms with Gasteiger partial charge in [-0.15, -0.1) is 11.8 Å². The van der Waals surface area contributed by atoms with E-state index >= 15 is 0 Å². The summed E-state index contributed by atoms with van der Waals surface area (Å²) < 4.78 is 0. The highest BCUT2D eigenvalue weighted by Gasteiger charge is 2.41. The van der Waals surface area contributed by atoms with Crippen LogP contribution in [0.1, 0.15) is 16.8 Å². The first kappa shape index (κ1) is 12.8. The zero-order valence-corrected chi connectivity index (χ0v) is 11.0. The molecule has 0 radical (unpaired) electrons. The van der Waals surface area contributed by atoms with Gasteiger partial charge in [-0.1, -0.05) is 18.2 Å². The normalized spacial score (nSPS) is 19.4. The number of benzene rings is 1. The first-order valence-corrected chi connectivity index (χ1v) is 6.76. The van der Waals surface area contributed by atoms with Gasteiger partial charge in [0.25, 0.3) is 0 Å². The van der Waals surface area contributed by atoms with E-state index < -0.39 is 11.8 Å². The minimum atomic E-state index is -0.851. The fourth-order valence-electron chi connectivity index (χ4n) is 2.00. The first-order chi connectivity index (χ1) is 8.56. The molecule has 0 bridgehead atoms. The number of likely N-dealkylation sites (tertiary alicyclic amines) is 1. The highest BCUT2D eigenvalue weighted by molar-refractivity contribution is 7.98. The van der Waals surface area contributed by atoms with Gasteiger partial charge in [0.1, 0.15) is 5.92 Å². The Bertz CT molecular complexity index is 527. The third kappa shape index (κ3) is 2.06. The second-order valence-corrected chi connectivity index (χ2v) is 4.96. The van der Waals surface area contributed by atoms with Crippen LogP contribution in [0.15, 0.2) is 29.2 Å². The molecular weight excluding hydrogens is 250 g/mol. The van der Waals surface area contributed by atoms with Crippen LogP contribution in [0.5, 0.6) is 0 Å². The number of nitrogens with zero attached hydrogens (tertiary/aromatic N) is 1. The van der Waals surface area contributed by atoms with E-state index in [0.29, 0.717) is 5.56 Å². The molecule has 94 valence electrons. The standard InChI is InChI=1S/C13H13NO3S/c1-14-11(15)7-9(13(14)17)12(16)8-5-3-4-6-10(8)18-2/h3-6,9H,7H2,1-2H3. The Balaban J connectivity index is 2.33. The number of carbonyl (C=O) groups is 3. The lowest BCUT2D eigenvalue weighted by molar-refractivity contribution is -0.137. The van der Waals surface area contributed by atoms with Gasteiger partial charge in [-0.25, -0.2) is 0 Å². The van der Waals surface area contributed by atoms with Gasteiger partial charge in [0.05, 0.1) is 0 Å². The molecule has 1 atom stereocenters. The highest BCUT2D eigenvalue weighted by Crippen LogP contribution is 2.27. The smallest absolute Gasteiger partial charge is 0.240 e. The fourth-order valence-corrected chi connectivity index (χ4v) is 2.60. The van der Waals surface area contributed by atoms with Gasteiger partial charge < -0.3 is 0 Å². The molecule has 2 rings (SSSR count). The molecule has 1 aromatic carbocycles. The van der Waals surface area contributed by atoms with Crippen molar-refractivity contribution in [2.45, 2.75) is 11.3 Å². The Kier molecular flexibility index (Phi) is 3.52. The number of ketones is 1. The number of Topliss-reactive ketones (excluding diaryl/α,β-unsaturated/α-hetero) is 1. The summed E-state index contributed by atoms with van der Waals surface area (Å²) in [5, 5.41) is 0. The van der Waals surface area contributed by atoms with Gasteiger partial charge in [0, 0.05) is 23.9 Å². The molecule has 18 heavy (non-hydrogen) atoms. The quantitative estimate of drug-likeness (QED) is 0.360. The van der Waals surface area contributed by atoms with Crippen LogP contribution in [0.4, 0.5) is 0 Å². The maximum atomic E-state index is 12.3. The van der Waals surface area contributed by atoms with Crippen molar-refractivity contribution in [1.29, 1.82) is 0 Å². The molecule has 1 aromatic rings. The van der Waals surface area contributed by atoms with Crippen molar-refractivity contribution in [2.75, 3.05) is 13.3 Å². The van der Waals surface area contributed by atoms with Crippen LogP contribution < -0.4 is 0 Å². The van der Waals surface area contributed by atoms with E-state index in [1.165, 1.54) is 18.8 Å². The molecule has 2 amide bonds. The number of hydrogen-bond donors (Lipinski definition) is 0. The molecule has 0 aromatic heterocycles. The molecule has 5 heteroatoms. The minimum Gasteiger partial charge on any atom is -0.293 e. The summed E-state index contributed by atoms with van der Waals surface area (Å²) in [5.41, 5.74) is 0.520. The minimum absolute atomic E-state index is 0.0170. The van der Waals surface area contributed by atoms with Gasteiger partial charge in [0.2, 0.25) is 11.8 Å². The average molecular weight is 263 g/mol. The number of carbonyl (C=O) groups excluding carboxylic acids is 3. The van der Waals surface area contributed by atoms with Crippen LogP contribution in [0.3, 0.4) is 0 Å². The van der Waals surface area contributed by atoms with Gasteiger partial charge in [0.15, 0.2) is 5.78 Å². The molecule has 0 aliphatic carbocycles. The van der Waals surface area contributed by atoms with E-state index in [2.05, 4.69) is 0 Å². The van der Waals surface area contributed by atoms with Crippen LogP contribution >= 0.6 is 11.8 Å². The van der Waals surface area contributed by atoms with Crippen molar-refractivity contribution in [3.05, 3.63) is 29.8 Å². The van der Waals surface area contributed by atoms with Gasteiger partial charge in [-0.05, 0) is 12.3 Å². The topological polar surface area (TPSA) is 54.5 Å². The summed E-state index contributed by atoms with van der Waals surface area (Å²) >= 11 is 1.45. The Labute approximate surface area is 109 Å². The van der Waals surface area contributed by atoms with Crippen LogP contribution in [0.25, 0.3) is 0 Å². The molecule has 1 fully saturated rings. The van der Waals surface area contributed by atoms with E-state index in [1.54, 1.807) is 12.1 Å². The zero-order valence-electron chi connectivity index (χ0n) is 10.2. The summed E-state index contributed by atoms with van der Waals surface area (Å²) in [6, 6.07) is 7.14. The second-order valence-electron chi connectivity index (χ2n) is 4.11. The lowest BCUT2D eigenvalue weighted by Crippen LogP contribution is -2.28. The van der Waals surface area contributed by atoms with Crippen molar-refractivity contribution in [2.24, 2.45) is 5.92 Å². The second kappa shape index (κ2) is 4.94. The molecule has 1 aliphatic rings. The molecule has 1 heterocycles. The van der Waals surface area contributed by atoms with Crippen molar-refractivity contribution in [3.63, 3.8) is 0 Å². The summed E-state index contributed by atoms with van der Waals surface area (Å²) in [4.78, 5) is 37.4. The SMILES string of the molecule is CSc1ccccc1C(=O)C1CC(=O)N(C)C1=O. The maximum absolute atomic E-state index is 12.3. The largest absolute Gasteiger partial charge is 0.293 e. The molecule has 0 spiro atoms. The Morgan fingerprint density at radius 3 is 2.56 bits per heavy atom. The molecule has 1 saturated heterocycles. The van der Waals surface area contributed by atoms with E-state index in [-0.39, 0.29) is 18.1 Å². The Morgan fingerprint density at radius 1 is 1.33 bits per heavy atom. The predicted molar refractivity (Wildman–Crippen MR) is 68.4 cm³/mol. The van der Waals surface area contributed by atoms with Gasteiger partial charge in [-0.2, -0.15) is 0 Å². The van der Waals surface area contributed by atoms with Crippen LogP contribution in [0.2, 0.25) is 0 Å². The van der Waals surface area contributed by atoms with Gasteiger partial charge >= 0.3 is 0 Å². The van der Waals surface area contributed by atoms with Crippen LogP contribution in [-0.2, 0) is 9.59 Å². The number of thioether (sulfide) groups is 1. The fraction of sp³-hybridized carbons (Fsp3) is 0.308. The third-order valence-electron chi connectivity index (χ3n) is 3.07. The van der Waals surface area contributed by atoms with E-state index in [1.807, 2.05) is 18.4 Å². The molecule has 0 saturated carbocycles. The first-order valence-electron chi connectivity index (χ1n) is 5.54. The van der Waals surface area contributed by atoms with E-state index in [0.717, 1.165) is 9.80 Å². The van der Waals surface area contributed by atoms with Crippen molar-refractivity contribution >= 4 is 29.4 Å².